The molecule has 31 heavy (non-hydrogen) atoms. The Morgan fingerprint density at radius 1 is 1.16 bits per heavy atom. The fourth-order valence-electron chi connectivity index (χ4n) is 3.69. The quantitative estimate of drug-likeness (QED) is 0.532. The van der Waals surface area contributed by atoms with E-state index < -0.39 is 30.7 Å². The van der Waals surface area contributed by atoms with Crippen LogP contribution in [0.25, 0.3) is 28.0 Å². The normalized spacial score (nSPS) is 17.9. The molecule has 0 bridgehead atoms. The first kappa shape index (κ1) is 19.2. The SMILES string of the molecule is Nc1nc(-c2ccccc2)c(-c2ccnnc2)c2nn(C[C@H]3OCCC3(F)F)c(=O)n12. The molecule has 1 aliphatic heterocycles. The Morgan fingerprint density at radius 2 is 1.97 bits per heavy atom. The first-order chi connectivity index (χ1) is 15.0. The topological polar surface area (TPSA) is 113 Å². The van der Waals surface area contributed by atoms with E-state index in [-0.39, 0.29) is 18.2 Å². The number of nitrogens with zero attached hydrogens (tertiary/aromatic N) is 6. The van der Waals surface area contributed by atoms with E-state index in [4.69, 9.17) is 10.5 Å². The summed E-state index contributed by atoms with van der Waals surface area (Å²) in [7, 11) is 0. The fraction of sp³-hybridized carbons (Fsp3) is 0.250. The van der Waals surface area contributed by atoms with E-state index in [1.807, 2.05) is 30.3 Å². The van der Waals surface area contributed by atoms with Crippen LogP contribution in [-0.2, 0) is 11.3 Å². The third-order valence-corrected chi connectivity index (χ3v) is 5.24. The smallest absolute Gasteiger partial charge is 0.353 e. The van der Waals surface area contributed by atoms with Gasteiger partial charge in [-0.15, -0.1) is 5.10 Å². The van der Waals surface area contributed by atoms with Crippen LogP contribution in [0, 0.1) is 0 Å². The van der Waals surface area contributed by atoms with Gasteiger partial charge in [0.25, 0.3) is 5.92 Å². The molecule has 0 radical (unpaired) electrons. The molecule has 9 nitrogen and oxygen atoms in total. The third-order valence-electron chi connectivity index (χ3n) is 5.24. The monoisotopic (exact) mass is 425 g/mol. The summed E-state index contributed by atoms with van der Waals surface area (Å²) >= 11 is 0. The van der Waals surface area contributed by atoms with Crippen LogP contribution in [0.2, 0.25) is 0 Å². The van der Waals surface area contributed by atoms with Gasteiger partial charge in [-0.3, -0.25) is 0 Å². The van der Waals surface area contributed by atoms with Crippen molar-refractivity contribution >= 4 is 11.6 Å². The van der Waals surface area contributed by atoms with Gasteiger partial charge in [-0.05, 0) is 6.07 Å². The van der Waals surface area contributed by atoms with E-state index in [9.17, 15) is 13.6 Å². The van der Waals surface area contributed by atoms with Gasteiger partial charge < -0.3 is 10.5 Å². The number of halogens is 2. The van der Waals surface area contributed by atoms with Crippen LogP contribution in [0.4, 0.5) is 14.7 Å². The Morgan fingerprint density at radius 3 is 2.65 bits per heavy atom. The average Bonchev–Trinajstić information content (AvgIpc) is 3.28. The van der Waals surface area contributed by atoms with Crippen molar-refractivity contribution in [1.29, 1.82) is 0 Å². The molecule has 11 heteroatoms. The number of alkyl halides is 2. The van der Waals surface area contributed by atoms with Crippen LogP contribution in [0.3, 0.4) is 0 Å². The maximum Gasteiger partial charge on any atom is 0.353 e. The Labute approximate surface area is 174 Å². The molecule has 0 unspecified atom stereocenters. The summed E-state index contributed by atoms with van der Waals surface area (Å²) in [4.78, 5) is 17.4. The molecule has 2 N–H and O–H groups in total. The molecule has 5 rings (SSSR count). The van der Waals surface area contributed by atoms with Gasteiger partial charge in [-0.25, -0.2) is 27.6 Å². The average molecular weight is 425 g/mol. The Balaban J connectivity index is 1.76. The zero-order chi connectivity index (χ0) is 21.6. The number of nitrogens with two attached hydrogens (primary N) is 1. The van der Waals surface area contributed by atoms with Gasteiger partial charge in [0, 0.05) is 17.5 Å². The predicted octanol–water partition coefficient (Wildman–Crippen LogP) is 2.02. The molecule has 1 saturated heterocycles. The van der Waals surface area contributed by atoms with Gasteiger partial charge in [0.2, 0.25) is 5.95 Å². The lowest BCUT2D eigenvalue weighted by Gasteiger charge is -2.16. The lowest BCUT2D eigenvalue weighted by Crippen LogP contribution is -2.36. The zero-order valence-electron chi connectivity index (χ0n) is 16.2. The molecule has 0 spiro atoms. The van der Waals surface area contributed by atoms with Gasteiger partial charge >= 0.3 is 5.69 Å². The standard InChI is InChI=1S/C20H17F2N7O2/c21-20(22)7-9-31-14(20)11-28-19(30)29-17(27-28)15(13-6-8-24-25-10-13)16(26-18(29)23)12-4-2-1-3-5-12/h1-6,8,10,14H,7,9,11H2,(H2,23,26)/t14-/m1/s1. The molecule has 1 aliphatic rings. The lowest BCUT2D eigenvalue weighted by molar-refractivity contribution is -0.0760. The van der Waals surface area contributed by atoms with Gasteiger partial charge in [0.1, 0.15) is 6.10 Å². The van der Waals surface area contributed by atoms with Crippen molar-refractivity contribution in [2.75, 3.05) is 12.3 Å². The van der Waals surface area contributed by atoms with Crippen LogP contribution in [0.1, 0.15) is 6.42 Å². The number of aromatic nitrogens is 6. The molecule has 3 aromatic heterocycles. The Bertz CT molecular complexity index is 1310. The van der Waals surface area contributed by atoms with E-state index in [0.717, 1.165) is 14.6 Å². The van der Waals surface area contributed by atoms with Gasteiger partial charge in [-0.1, -0.05) is 30.3 Å². The van der Waals surface area contributed by atoms with Gasteiger partial charge in [-0.2, -0.15) is 10.2 Å². The maximum atomic E-state index is 14.1. The maximum absolute atomic E-state index is 14.1. The van der Waals surface area contributed by atoms with E-state index in [0.29, 0.717) is 16.8 Å². The lowest BCUT2D eigenvalue weighted by atomic mass is 10.0. The molecule has 4 aromatic rings. The summed E-state index contributed by atoms with van der Waals surface area (Å²) in [6.07, 6.45) is 1.18. The molecule has 1 atom stereocenters. The fourth-order valence-corrected chi connectivity index (χ4v) is 3.69. The highest BCUT2D eigenvalue weighted by Gasteiger charge is 2.46. The molecule has 0 saturated carbocycles. The molecular formula is C20H17F2N7O2. The van der Waals surface area contributed by atoms with Crippen LogP contribution >= 0.6 is 0 Å². The van der Waals surface area contributed by atoms with Crippen molar-refractivity contribution in [1.82, 2.24) is 29.4 Å². The number of ether oxygens (including phenoxy) is 1. The van der Waals surface area contributed by atoms with E-state index >= 15 is 0 Å². The number of rotatable bonds is 4. The highest BCUT2D eigenvalue weighted by molar-refractivity contribution is 5.90. The molecule has 0 amide bonds. The predicted molar refractivity (Wildman–Crippen MR) is 107 cm³/mol. The summed E-state index contributed by atoms with van der Waals surface area (Å²) in [5.41, 5.74) is 7.95. The Kier molecular flexibility index (Phi) is 4.47. The second kappa shape index (κ2) is 7.20. The highest BCUT2D eigenvalue weighted by atomic mass is 19.3. The van der Waals surface area contributed by atoms with Crippen LogP contribution in [0.15, 0.2) is 53.6 Å². The second-order valence-corrected chi connectivity index (χ2v) is 7.18. The summed E-state index contributed by atoms with van der Waals surface area (Å²) in [5.74, 6) is -3.14. The molecular weight excluding hydrogens is 408 g/mol. The molecule has 4 heterocycles. The second-order valence-electron chi connectivity index (χ2n) is 7.18. The van der Waals surface area contributed by atoms with Crippen LogP contribution in [-0.4, -0.2) is 48.0 Å². The van der Waals surface area contributed by atoms with Crippen molar-refractivity contribution < 1.29 is 13.5 Å². The summed E-state index contributed by atoms with van der Waals surface area (Å²) in [6.45, 7) is -0.475. The minimum absolute atomic E-state index is 0.0738. The van der Waals surface area contributed by atoms with Crippen molar-refractivity contribution in [2.24, 2.45) is 0 Å². The molecule has 158 valence electrons. The molecule has 1 aromatic carbocycles. The first-order valence-electron chi connectivity index (χ1n) is 9.56. The number of nitrogen functional groups attached to an aromatic ring is 1. The highest BCUT2D eigenvalue weighted by Crippen LogP contribution is 2.35. The van der Waals surface area contributed by atoms with E-state index in [2.05, 4.69) is 20.3 Å². The number of hydrogen-bond donors (Lipinski definition) is 1. The first-order valence-corrected chi connectivity index (χ1v) is 9.56. The number of fused-ring (bicyclic) bond motifs is 1. The summed E-state index contributed by atoms with van der Waals surface area (Å²) < 4.78 is 35.3. The largest absolute Gasteiger partial charge is 0.370 e. The van der Waals surface area contributed by atoms with Crippen molar-refractivity contribution in [2.45, 2.75) is 25.0 Å². The number of anilines is 1. The molecule has 0 aliphatic carbocycles. The zero-order valence-corrected chi connectivity index (χ0v) is 16.2. The van der Waals surface area contributed by atoms with Crippen molar-refractivity contribution in [3.63, 3.8) is 0 Å². The van der Waals surface area contributed by atoms with Crippen LogP contribution < -0.4 is 11.4 Å². The Hall–Kier alpha value is -3.73. The van der Waals surface area contributed by atoms with Crippen molar-refractivity contribution in [3.8, 4) is 22.4 Å². The van der Waals surface area contributed by atoms with Gasteiger partial charge in [0.15, 0.2) is 5.65 Å². The summed E-state index contributed by atoms with van der Waals surface area (Å²) in [6, 6.07) is 10.9. The van der Waals surface area contributed by atoms with Crippen LogP contribution in [0.5, 0.6) is 0 Å². The number of benzene rings is 1. The number of hydrogen-bond acceptors (Lipinski definition) is 7. The minimum atomic E-state index is -3.04. The third kappa shape index (κ3) is 3.22. The van der Waals surface area contributed by atoms with E-state index in [1.54, 1.807) is 6.07 Å². The minimum Gasteiger partial charge on any atom is -0.370 e. The van der Waals surface area contributed by atoms with E-state index in [1.165, 1.54) is 12.4 Å². The van der Waals surface area contributed by atoms with Gasteiger partial charge in [0.05, 0.1) is 36.8 Å². The molecule has 1 fully saturated rings. The van der Waals surface area contributed by atoms with Crippen molar-refractivity contribution in [3.05, 3.63) is 59.3 Å². The summed E-state index contributed by atoms with van der Waals surface area (Å²) in [5, 5.41) is 12.0.